The Hall–Kier alpha value is -4.64. The van der Waals surface area contributed by atoms with Gasteiger partial charge in [0.15, 0.2) is 0 Å². The van der Waals surface area contributed by atoms with Crippen LogP contribution >= 0.6 is 0 Å². The quantitative estimate of drug-likeness (QED) is 0.228. The van der Waals surface area contributed by atoms with Gasteiger partial charge < -0.3 is 9.64 Å². The number of imide groups is 1. The van der Waals surface area contributed by atoms with Gasteiger partial charge >= 0.3 is 0 Å². The molecular weight excluding hydrogens is 529 g/mol. The van der Waals surface area contributed by atoms with Crippen LogP contribution in [0.15, 0.2) is 91.0 Å². The number of benzene rings is 4. The van der Waals surface area contributed by atoms with E-state index in [1.807, 2.05) is 42.5 Å². The van der Waals surface area contributed by atoms with Crippen LogP contribution in [-0.4, -0.2) is 36.9 Å². The molecule has 2 heterocycles. The second-order valence-electron chi connectivity index (χ2n) is 10.9. The van der Waals surface area contributed by atoms with Crippen molar-refractivity contribution in [1.82, 2.24) is 4.90 Å². The summed E-state index contributed by atoms with van der Waals surface area (Å²) in [5, 5.41) is 9.33. The van der Waals surface area contributed by atoms with Crippen molar-refractivity contribution in [2.24, 2.45) is 0 Å². The number of likely N-dealkylation sites (N-methyl/N-ethyl adjacent to an activating group) is 1. The Morgan fingerprint density at radius 2 is 1.62 bits per heavy atom. The number of amides is 2. The summed E-state index contributed by atoms with van der Waals surface area (Å²) in [6.45, 7) is 2.08. The first-order valence-corrected chi connectivity index (χ1v) is 14.1. The van der Waals surface area contributed by atoms with Crippen molar-refractivity contribution in [3.8, 4) is 6.07 Å². The Morgan fingerprint density at radius 3 is 2.29 bits per heavy atom. The third-order valence-electron chi connectivity index (χ3n) is 8.29. The second kappa shape index (κ2) is 11.3. The number of hydrogen-bond acceptors (Lipinski definition) is 5. The molecule has 0 spiro atoms. The predicted molar refractivity (Wildman–Crippen MR) is 158 cm³/mol. The number of carbonyl (C=O) groups is 2. The smallest absolute Gasteiger partial charge is 0.266 e. The lowest BCUT2D eigenvalue weighted by Crippen LogP contribution is -2.30. The molecule has 4 aromatic rings. The van der Waals surface area contributed by atoms with Crippen LogP contribution < -0.4 is 4.90 Å². The number of nitriles is 1. The Morgan fingerprint density at radius 1 is 0.929 bits per heavy atom. The highest BCUT2D eigenvalue weighted by Crippen LogP contribution is 2.45. The van der Waals surface area contributed by atoms with Crippen LogP contribution in [0, 0.1) is 17.1 Å². The fourth-order valence-corrected chi connectivity index (χ4v) is 6.03. The molecule has 0 aliphatic carbocycles. The molecule has 210 valence electrons. The summed E-state index contributed by atoms with van der Waals surface area (Å²) < 4.78 is 20.2. The fraction of sp³-hybridized carbons (Fsp3) is 0.229. The maximum absolute atomic E-state index is 13.8. The topological polar surface area (TPSA) is 73.6 Å². The summed E-state index contributed by atoms with van der Waals surface area (Å²) in [4.78, 5) is 29.1. The summed E-state index contributed by atoms with van der Waals surface area (Å²) in [6.07, 6.45) is 2.39. The molecule has 2 amide bonds. The van der Waals surface area contributed by atoms with E-state index >= 15 is 0 Å². The summed E-state index contributed by atoms with van der Waals surface area (Å²) in [6, 6.07) is 28.9. The van der Waals surface area contributed by atoms with Gasteiger partial charge in [-0.25, -0.2) is 9.29 Å². The van der Waals surface area contributed by atoms with E-state index in [4.69, 9.17) is 4.74 Å². The lowest BCUT2D eigenvalue weighted by molar-refractivity contribution is -0.0142. The van der Waals surface area contributed by atoms with E-state index in [1.165, 1.54) is 17.0 Å². The van der Waals surface area contributed by atoms with Crippen LogP contribution in [0.25, 0.3) is 0 Å². The minimum absolute atomic E-state index is 0.288. The van der Waals surface area contributed by atoms with Gasteiger partial charge in [0, 0.05) is 6.54 Å². The van der Waals surface area contributed by atoms with E-state index < -0.39 is 5.60 Å². The van der Waals surface area contributed by atoms with E-state index in [9.17, 15) is 19.2 Å². The van der Waals surface area contributed by atoms with Crippen LogP contribution in [0.1, 0.15) is 61.4 Å². The molecule has 0 radical (unpaired) electrons. The standard InChI is InChI=1S/C35H30FN3O3/c1-38(20-17-24-7-14-29(15-8-24)39-33(40)30-5-2-3-6-31(30)34(39)41)19-4-18-35(27-10-12-28(36)13-11-27)32-16-9-25(22-37)21-26(32)23-42-35/h2-3,5-16,21H,4,17-20,23H2,1H3/t35-/m0/s1. The van der Waals surface area contributed by atoms with Crippen molar-refractivity contribution < 1.29 is 18.7 Å². The zero-order valence-electron chi connectivity index (χ0n) is 23.3. The third kappa shape index (κ3) is 5.00. The van der Waals surface area contributed by atoms with Crippen molar-refractivity contribution >= 4 is 17.5 Å². The van der Waals surface area contributed by atoms with Gasteiger partial charge in [-0.15, -0.1) is 0 Å². The van der Waals surface area contributed by atoms with E-state index in [-0.39, 0.29) is 17.6 Å². The van der Waals surface area contributed by atoms with Crippen molar-refractivity contribution in [2.75, 3.05) is 25.0 Å². The fourth-order valence-electron chi connectivity index (χ4n) is 6.03. The maximum Gasteiger partial charge on any atom is 0.266 e. The number of rotatable bonds is 9. The zero-order chi connectivity index (χ0) is 29.3. The van der Waals surface area contributed by atoms with Crippen molar-refractivity contribution in [3.63, 3.8) is 0 Å². The highest BCUT2D eigenvalue weighted by atomic mass is 19.1. The second-order valence-corrected chi connectivity index (χ2v) is 10.9. The summed E-state index contributed by atoms with van der Waals surface area (Å²) in [5.74, 6) is -0.870. The molecule has 0 unspecified atom stereocenters. The van der Waals surface area contributed by atoms with Crippen LogP contribution in [-0.2, 0) is 23.4 Å². The monoisotopic (exact) mass is 559 g/mol. The Kier molecular flexibility index (Phi) is 7.42. The average Bonchev–Trinajstić information content (AvgIpc) is 3.51. The largest absolute Gasteiger partial charge is 0.361 e. The van der Waals surface area contributed by atoms with E-state index in [0.717, 1.165) is 54.6 Å². The Bertz CT molecular complexity index is 1660. The minimum Gasteiger partial charge on any atom is -0.361 e. The maximum atomic E-state index is 13.8. The van der Waals surface area contributed by atoms with Gasteiger partial charge in [-0.2, -0.15) is 5.26 Å². The molecule has 1 atom stereocenters. The summed E-state index contributed by atoms with van der Waals surface area (Å²) in [7, 11) is 2.08. The molecule has 6 rings (SSSR count). The van der Waals surface area contributed by atoms with Crippen LogP contribution in [0.5, 0.6) is 0 Å². The molecule has 42 heavy (non-hydrogen) atoms. The van der Waals surface area contributed by atoms with E-state index in [2.05, 4.69) is 18.0 Å². The molecule has 0 saturated carbocycles. The first-order valence-electron chi connectivity index (χ1n) is 14.1. The molecule has 0 fully saturated rings. The van der Waals surface area contributed by atoms with Gasteiger partial charge in [0.1, 0.15) is 11.4 Å². The van der Waals surface area contributed by atoms with Gasteiger partial charge in [0.05, 0.1) is 35.1 Å². The van der Waals surface area contributed by atoms with Crippen molar-refractivity contribution in [2.45, 2.75) is 31.5 Å². The first kappa shape index (κ1) is 27.5. The number of anilines is 1. The van der Waals surface area contributed by atoms with Gasteiger partial charge in [-0.3, -0.25) is 9.59 Å². The third-order valence-corrected chi connectivity index (χ3v) is 8.29. The molecule has 0 saturated heterocycles. The number of carbonyl (C=O) groups excluding carboxylic acids is 2. The summed E-state index contributed by atoms with van der Waals surface area (Å²) in [5.41, 5.74) is 5.43. The number of halogens is 1. The normalized spacial score (nSPS) is 17.4. The van der Waals surface area contributed by atoms with Gasteiger partial charge in [0.2, 0.25) is 0 Å². The first-order chi connectivity index (χ1) is 20.4. The lowest BCUT2D eigenvalue weighted by Gasteiger charge is -2.31. The van der Waals surface area contributed by atoms with E-state index in [0.29, 0.717) is 29.0 Å². The summed E-state index contributed by atoms with van der Waals surface area (Å²) >= 11 is 0. The predicted octanol–water partition coefficient (Wildman–Crippen LogP) is 6.23. The van der Waals surface area contributed by atoms with Gasteiger partial charge in [0.25, 0.3) is 11.8 Å². The molecule has 4 aromatic carbocycles. The average molecular weight is 560 g/mol. The Balaban J connectivity index is 1.08. The molecule has 6 nitrogen and oxygen atoms in total. The van der Waals surface area contributed by atoms with Gasteiger partial charge in [-0.1, -0.05) is 42.5 Å². The number of ether oxygens (including phenoxy) is 1. The number of nitrogens with zero attached hydrogens (tertiary/aromatic N) is 3. The number of hydrogen-bond donors (Lipinski definition) is 0. The zero-order valence-corrected chi connectivity index (χ0v) is 23.3. The molecule has 0 aromatic heterocycles. The lowest BCUT2D eigenvalue weighted by atomic mass is 9.81. The van der Waals surface area contributed by atoms with E-state index in [1.54, 1.807) is 36.4 Å². The highest BCUT2D eigenvalue weighted by Gasteiger charge is 2.41. The van der Waals surface area contributed by atoms with Crippen molar-refractivity contribution in [3.05, 3.63) is 136 Å². The van der Waals surface area contributed by atoms with Gasteiger partial charge in [-0.05, 0) is 104 Å². The molecule has 2 aliphatic heterocycles. The molecule has 0 N–H and O–H groups in total. The molecular formula is C35H30FN3O3. The van der Waals surface area contributed by atoms with Crippen molar-refractivity contribution in [1.29, 1.82) is 5.26 Å². The van der Waals surface area contributed by atoms with Crippen LogP contribution in [0.4, 0.5) is 10.1 Å². The van der Waals surface area contributed by atoms with Crippen LogP contribution in [0.3, 0.4) is 0 Å². The van der Waals surface area contributed by atoms with Crippen LogP contribution in [0.2, 0.25) is 0 Å². The molecule has 0 bridgehead atoms. The SMILES string of the molecule is CN(CCC[C@@]1(c2ccc(F)cc2)OCc2cc(C#N)ccc21)CCc1ccc(N2C(=O)c3ccccc3C2=O)cc1. The molecule has 2 aliphatic rings. The minimum atomic E-state index is -0.683. The number of fused-ring (bicyclic) bond motifs is 2. The highest BCUT2D eigenvalue weighted by molar-refractivity contribution is 6.34. The molecule has 7 heteroatoms. The Labute approximate surface area is 244 Å².